The average molecular weight is 927 g/mol. The van der Waals surface area contributed by atoms with Crippen LogP contribution in [0, 0.1) is 0 Å². The Labute approximate surface area is 381 Å². The van der Waals surface area contributed by atoms with E-state index < -0.39 is 60.4 Å². The molecule has 6 atom stereocenters. The first-order valence-electron chi connectivity index (χ1n) is 21.9. The lowest BCUT2D eigenvalue weighted by molar-refractivity contribution is -0.193. The SMILES string of the molecule is CCC(=O)N[C@H]1C[C@@H](n2cnc3c(NCC(c4ccccc4)c4ccccc4)nc(N4CC[C@@H](NC(=O)N[C@@H]5CCN(C(=O)c6ccc(C(=O)OC(=O)C(F)(F)F)cc6)C5)C4)nc32)[C@H](O)[C@@H]1O. The predicted octanol–water partition coefficient (Wildman–Crippen LogP) is 3.67. The molecule has 0 bridgehead atoms. The van der Waals surface area contributed by atoms with Crippen molar-refractivity contribution in [1.82, 2.24) is 40.4 Å². The number of hydrogen-bond donors (Lipinski definition) is 6. The van der Waals surface area contributed by atoms with Gasteiger partial charge < -0.3 is 50.6 Å². The van der Waals surface area contributed by atoms with E-state index >= 15 is 0 Å². The number of halogens is 3. The van der Waals surface area contributed by atoms with Gasteiger partial charge in [-0.3, -0.25) is 9.59 Å². The van der Waals surface area contributed by atoms with E-state index in [1.54, 1.807) is 17.8 Å². The summed E-state index contributed by atoms with van der Waals surface area (Å²) in [5, 5.41) is 34.5. The van der Waals surface area contributed by atoms with Crippen molar-refractivity contribution in [2.24, 2.45) is 0 Å². The molecule has 1 aliphatic carbocycles. The largest absolute Gasteiger partial charge is 0.491 e. The number of anilines is 2. The van der Waals surface area contributed by atoms with Gasteiger partial charge in [-0.05, 0) is 54.7 Å². The lowest BCUT2D eigenvalue weighted by atomic mass is 9.91. The molecule has 3 aliphatic rings. The Morgan fingerprint density at radius 3 is 2.07 bits per heavy atom. The third-order valence-electron chi connectivity index (χ3n) is 12.4. The van der Waals surface area contributed by atoms with Gasteiger partial charge in [-0.2, -0.15) is 23.1 Å². The molecule has 67 heavy (non-hydrogen) atoms. The number of imidazole rings is 1. The van der Waals surface area contributed by atoms with E-state index in [2.05, 4.69) is 50.3 Å². The maximum atomic E-state index is 13.3. The first kappa shape index (κ1) is 46.4. The third-order valence-corrected chi connectivity index (χ3v) is 12.4. The highest BCUT2D eigenvalue weighted by Gasteiger charge is 2.44. The van der Waals surface area contributed by atoms with Gasteiger partial charge in [0.2, 0.25) is 11.9 Å². The molecule has 21 heteroatoms. The van der Waals surface area contributed by atoms with Gasteiger partial charge in [0.15, 0.2) is 17.0 Å². The van der Waals surface area contributed by atoms with Crippen LogP contribution in [0.15, 0.2) is 91.3 Å². The van der Waals surface area contributed by atoms with Crippen LogP contribution in [-0.4, -0.2) is 134 Å². The van der Waals surface area contributed by atoms with E-state index in [0.29, 0.717) is 62.0 Å². The summed E-state index contributed by atoms with van der Waals surface area (Å²) < 4.78 is 43.1. The van der Waals surface area contributed by atoms with Gasteiger partial charge in [0.1, 0.15) is 12.2 Å². The molecular formula is C46H49F3N10O8. The van der Waals surface area contributed by atoms with Crippen LogP contribution in [-0.2, 0) is 14.3 Å². The zero-order valence-corrected chi connectivity index (χ0v) is 36.2. The number of carbonyl (C=O) groups excluding carboxylic acids is 5. The quantitative estimate of drug-likeness (QED) is 0.0732. The van der Waals surface area contributed by atoms with Crippen LogP contribution in [0.3, 0.4) is 0 Å². The van der Waals surface area contributed by atoms with E-state index in [0.717, 1.165) is 23.3 Å². The van der Waals surface area contributed by atoms with E-state index in [-0.39, 0.29) is 48.4 Å². The number of carbonyl (C=O) groups is 5. The number of aliphatic hydroxyl groups is 2. The lowest BCUT2D eigenvalue weighted by Gasteiger charge is -2.22. The summed E-state index contributed by atoms with van der Waals surface area (Å²) in [4.78, 5) is 79.9. The monoisotopic (exact) mass is 926 g/mol. The molecule has 5 aromatic rings. The number of likely N-dealkylation sites (tertiary alicyclic amines) is 1. The number of nitrogens with one attached hydrogen (secondary N) is 4. The molecule has 6 N–H and O–H groups in total. The topological polar surface area (TPSA) is 233 Å². The maximum absolute atomic E-state index is 13.3. The zero-order chi connectivity index (χ0) is 47.4. The fraction of sp³-hybridized carbons (Fsp3) is 0.391. The lowest BCUT2D eigenvalue weighted by Crippen LogP contribution is -2.48. The molecule has 2 aliphatic heterocycles. The van der Waals surface area contributed by atoms with E-state index in [1.807, 2.05) is 41.3 Å². The first-order valence-corrected chi connectivity index (χ1v) is 21.9. The van der Waals surface area contributed by atoms with Crippen molar-refractivity contribution in [3.8, 4) is 0 Å². The second kappa shape index (κ2) is 19.8. The zero-order valence-electron chi connectivity index (χ0n) is 36.2. The molecule has 3 aromatic carbocycles. The Bertz CT molecular complexity index is 2560. The molecule has 1 saturated carbocycles. The smallest absolute Gasteiger partial charge is 0.388 e. The number of aliphatic hydroxyl groups excluding tert-OH is 2. The highest BCUT2D eigenvalue weighted by molar-refractivity contribution is 6.00. The van der Waals surface area contributed by atoms with Crippen molar-refractivity contribution in [1.29, 1.82) is 0 Å². The van der Waals surface area contributed by atoms with Crippen molar-refractivity contribution >= 4 is 52.7 Å². The van der Waals surface area contributed by atoms with Crippen LogP contribution in [0.1, 0.15) is 76.4 Å². The van der Waals surface area contributed by atoms with Crippen molar-refractivity contribution in [2.45, 2.75) is 81.1 Å². The Balaban J connectivity index is 0.942. The number of urea groups is 1. The maximum Gasteiger partial charge on any atom is 0.491 e. The normalized spacial score (nSPS) is 21.7. The van der Waals surface area contributed by atoms with E-state index in [4.69, 9.17) is 15.0 Å². The summed E-state index contributed by atoms with van der Waals surface area (Å²) in [6.45, 7) is 3.47. The molecule has 2 aromatic heterocycles. The summed E-state index contributed by atoms with van der Waals surface area (Å²) in [6, 6.07) is 22.3. The van der Waals surface area contributed by atoms with Crippen LogP contribution in [0.2, 0.25) is 0 Å². The predicted molar refractivity (Wildman–Crippen MR) is 236 cm³/mol. The Kier molecular flexibility index (Phi) is 13.7. The number of nitrogens with zero attached hydrogens (tertiary/aromatic N) is 6. The third kappa shape index (κ3) is 10.5. The van der Waals surface area contributed by atoms with Crippen LogP contribution in [0.4, 0.5) is 29.7 Å². The second-order valence-electron chi connectivity index (χ2n) is 16.8. The van der Waals surface area contributed by atoms with Crippen molar-refractivity contribution in [2.75, 3.05) is 42.9 Å². The summed E-state index contributed by atoms with van der Waals surface area (Å²) in [6.07, 6.45) is -4.77. The van der Waals surface area contributed by atoms with E-state index in [1.165, 1.54) is 17.0 Å². The highest BCUT2D eigenvalue weighted by Crippen LogP contribution is 2.36. The second-order valence-corrected chi connectivity index (χ2v) is 16.8. The molecule has 3 fully saturated rings. The molecule has 8 rings (SSSR count). The van der Waals surface area contributed by atoms with Gasteiger partial charge in [0.25, 0.3) is 5.91 Å². The molecule has 352 valence electrons. The minimum Gasteiger partial charge on any atom is -0.388 e. The number of ether oxygens (including phenoxy) is 1. The molecule has 18 nitrogen and oxygen atoms in total. The molecule has 0 unspecified atom stereocenters. The molecule has 2 saturated heterocycles. The van der Waals surface area contributed by atoms with Crippen molar-refractivity contribution in [3.05, 3.63) is 114 Å². The van der Waals surface area contributed by atoms with Gasteiger partial charge in [-0.25, -0.2) is 19.4 Å². The number of rotatable bonds is 13. The molecule has 4 amide bonds. The number of benzene rings is 3. The molecule has 4 heterocycles. The summed E-state index contributed by atoms with van der Waals surface area (Å²) in [5.74, 6) is -4.08. The van der Waals surface area contributed by atoms with Crippen molar-refractivity contribution in [3.63, 3.8) is 0 Å². The van der Waals surface area contributed by atoms with Crippen molar-refractivity contribution < 1.29 is 52.1 Å². The first-order chi connectivity index (χ1) is 32.2. The number of hydrogen-bond acceptors (Lipinski definition) is 13. The number of amides is 4. The summed E-state index contributed by atoms with van der Waals surface area (Å²) in [5.41, 5.74) is 2.84. The molecule has 0 spiro atoms. The van der Waals surface area contributed by atoms with Crippen LogP contribution in [0.5, 0.6) is 0 Å². The van der Waals surface area contributed by atoms with Crippen LogP contribution < -0.4 is 26.2 Å². The average Bonchev–Trinajstić information content (AvgIpc) is 4.14. The van der Waals surface area contributed by atoms with Gasteiger partial charge in [-0.1, -0.05) is 67.6 Å². The number of alkyl halides is 3. The van der Waals surface area contributed by atoms with Crippen LogP contribution >= 0.6 is 0 Å². The fourth-order valence-electron chi connectivity index (χ4n) is 8.81. The fourth-order valence-corrected chi connectivity index (χ4v) is 8.81. The van der Waals surface area contributed by atoms with Gasteiger partial charge in [-0.15, -0.1) is 0 Å². The Hall–Kier alpha value is -7.13. The Morgan fingerprint density at radius 1 is 0.806 bits per heavy atom. The van der Waals surface area contributed by atoms with Gasteiger partial charge >= 0.3 is 24.1 Å². The number of fused-ring (bicyclic) bond motifs is 1. The molecular weight excluding hydrogens is 878 g/mol. The number of esters is 2. The highest BCUT2D eigenvalue weighted by atomic mass is 19.4. The summed E-state index contributed by atoms with van der Waals surface area (Å²) in [7, 11) is 0. The summed E-state index contributed by atoms with van der Waals surface area (Å²) >= 11 is 0. The molecule has 0 radical (unpaired) electrons. The van der Waals surface area contributed by atoms with Gasteiger partial charge in [0, 0.05) is 62.7 Å². The number of aromatic nitrogens is 4. The minimum absolute atomic E-state index is 0.0631. The van der Waals surface area contributed by atoms with E-state index in [9.17, 15) is 47.4 Å². The van der Waals surface area contributed by atoms with Gasteiger partial charge in [0.05, 0.1) is 24.0 Å². The van der Waals surface area contributed by atoms with Crippen LogP contribution in [0.25, 0.3) is 11.2 Å². The Morgan fingerprint density at radius 2 is 1.43 bits per heavy atom. The minimum atomic E-state index is -5.34. The standard InChI is InChI=1S/C46H49F3N10O8/c1-2-35(60)54-33-21-34(38(62)37(33)61)59-25-51-36-39(50-22-32(26-9-5-3-6-10-26)27-11-7-4-8-12-27)55-44(56-40(36)59)58-20-18-31(24-58)53-45(66)52-30-17-19-57(23-30)41(63)28-13-15-29(16-14-28)42(64)67-43(65)46(47,48)49/h3-16,25,30-34,37-38,61-62H,2,17-24H2,1H3,(H,54,60)(H,50,55,56)(H2,52,53,66)/t30-,31-,33+,34-,37-,38+/m1/s1.